The van der Waals surface area contributed by atoms with Gasteiger partial charge >= 0.3 is 0 Å². The average Bonchev–Trinajstić information content (AvgIpc) is 2.49. The Morgan fingerprint density at radius 3 is 2.67 bits per heavy atom. The molecule has 0 aliphatic rings. The van der Waals surface area contributed by atoms with Crippen LogP contribution in [0.2, 0.25) is 0 Å². The van der Waals surface area contributed by atoms with Gasteiger partial charge < -0.3 is 5.11 Å². The minimum Gasteiger partial charge on any atom is -0.392 e. The van der Waals surface area contributed by atoms with Gasteiger partial charge in [0.05, 0.1) is 21.4 Å². The molecule has 0 spiro atoms. The van der Waals surface area contributed by atoms with Gasteiger partial charge in [0.15, 0.2) is 9.84 Å². The molecule has 0 saturated heterocycles. The van der Waals surface area contributed by atoms with Gasteiger partial charge in [-0.15, -0.1) is 11.3 Å². The van der Waals surface area contributed by atoms with E-state index >= 15 is 0 Å². The van der Waals surface area contributed by atoms with E-state index in [2.05, 4.69) is 15.9 Å². The number of sulfone groups is 1. The summed E-state index contributed by atoms with van der Waals surface area (Å²) >= 11 is 4.68. The first-order valence-electron chi connectivity index (χ1n) is 4.55. The Morgan fingerprint density at radius 1 is 1.53 bits per heavy atom. The summed E-state index contributed by atoms with van der Waals surface area (Å²) in [5.74, 6) is -0.140. The Labute approximate surface area is 102 Å². The maximum absolute atomic E-state index is 11.6. The van der Waals surface area contributed by atoms with Crippen molar-refractivity contribution in [1.29, 1.82) is 0 Å². The Bertz CT molecular complexity index is 411. The summed E-state index contributed by atoms with van der Waals surface area (Å²) in [5, 5.41) is 9.29. The Morgan fingerprint density at radius 2 is 2.20 bits per heavy atom. The van der Waals surface area contributed by atoms with Crippen LogP contribution in [0.4, 0.5) is 0 Å². The summed E-state index contributed by atoms with van der Waals surface area (Å²) in [4.78, 5) is 0.796. The zero-order valence-electron chi connectivity index (χ0n) is 8.31. The predicted octanol–water partition coefficient (Wildman–Crippen LogP) is 2.20. The van der Waals surface area contributed by atoms with Gasteiger partial charge in [-0.3, -0.25) is 0 Å². The summed E-state index contributed by atoms with van der Waals surface area (Å²) in [7, 11) is -3.19. The highest BCUT2D eigenvalue weighted by Crippen LogP contribution is 2.24. The lowest BCUT2D eigenvalue weighted by atomic mass is 10.3. The van der Waals surface area contributed by atoms with Crippen molar-refractivity contribution in [2.24, 2.45) is 0 Å². The third-order valence-corrected chi connectivity index (χ3v) is 5.36. The van der Waals surface area contributed by atoms with E-state index in [1.807, 2.05) is 6.07 Å². The molecule has 1 rings (SSSR count). The monoisotopic (exact) mass is 312 g/mol. The minimum atomic E-state index is -3.19. The second kappa shape index (κ2) is 5.43. The van der Waals surface area contributed by atoms with Gasteiger partial charge in [-0.1, -0.05) is 6.92 Å². The number of aliphatic hydroxyl groups is 1. The average molecular weight is 313 g/mol. The molecule has 0 saturated carbocycles. The fourth-order valence-corrected chi connectivity index (χ4v) is 4.64. The van der Waals surface area contributed by atoms with Crippen LogP contribution in [-0.4, -0.2) is 25.4 Å². The number of hydrogen-bond acceptors (Lipinski definition) is 4. The van der Waals surface area contributed by atoms with Crippen LogP contribution in [0.1, 0.15) is 18.2 Å². The standard InChI is InChI=1S/C9H13BrO3S2/c1-2-7(11)5-15(12,13)6-8-3-4-9(10)14-8/h3-4,7,11H,2,5-6H2,1H3. The van der Waals surface area contributed by atoms with Crippen LogP contribution in [0, 0.1) is 0 Å². The first-order chi connectivity index (χ1) is 6.93. The molecule has 1 N–H and O–H groups in total. The van der Waals surface area contributed by atoms with Crippen LogP contribution < -0.4 is 0 Å². The van der Waals surface area contributed by atoms with Gasteiger partial charge in [0.2, 0.25) is 0 Å². The van der Waals surface area contributed by atoms with E-state index in [0.717, 1.165) is 8.66 Å². The van der Waals surface area contributed by atoms with Crippen molar-refractivity contribution >= 4 is 37.1 Å². The van der Waals surface area contributed by atoms with Crippen LogP contribution >= 0.6 is 27.3 Å². The molecule has 86 valence electrons. The molecule has 1 aromatic rings. The number of halogens is 1. The summed E-state index contributed by atoms with van der Waals surface area (Å²) < 4.78 is 24.1. The maximum atomic E-state index is 11.6. The molecule has 0 fully saturated rings. The second-order valence-corrected chi connectivity index (χ2v) is 7.98. The van der Waals surface area contributed by atoms with Gasteiger partial charge in [-0.2, -0.15) is 0 Å². The smallest absolute Gasteiger partial charge is 0.157 e. The Hall–Kier alpha value is 0.0900. The Balaban J connectivity index is 2.64. The molecule has 3 nitrogen and oxygen atoms in total. The van der Waals surface area contributed by atoms with E-state index in [0.29, 0.717) is 6.42 Å². The highest BCUT2D eigenvalue weighted by atomic mass is 79.9. The van der Waals surface area contributed by atoms with Crippen molar-refractivity contribution in [1.82, 2.24) is 0 Å². The van der Waals surface area contributed by atoms with E-state index in [4.69, 9.17) is 0 Å². The van der Waals surface area contributed by atoms with Gasteiger partial charge in [0, 0.05) is 4.88 Å². The molecule has 0 amide bonds. The van der Waals surface area contributed by atoms with Gasteiger partial charge in [0.1, 0.15) is 0 Å². The lowest BCUT2D eigenvalue weighted by Crippen LogP contribution is -2.20. The fourth-order valence-electron chi connectivity index (χ4n) is 1.12. The molecule has 1 atom stereocenters. The van der Waals surface area contributed by atoms with Crippen molar-refractivity contribution in [3.63, 3.8) is 0 Å². The van der Waals surface area contributed by atoms with Crippen LogP contribution in [-0.2, 0) is 15.6 Å². The van der Waals surface area contributed by atoms with Crippen LogP contribution in [0.5, 0.6) is 0 Å². The first-order valence-corrected chi connectivity index (χ1v) is 7.98. The summed E-state index contributed by atoms with van der Waals surface area (Å²) in [6.07, 6.45) is -0.286. The zero-order valence-corrected chi connectivity index (χ0v) is 11.5. The maximum Gasteiger partial charge on any atom is 0.157 e. The molecule has 1 aromatic heterocycles. The molecule has 0 aliphatic heterocycles. The van der Waals surface area contributed by atoms with E-state index in [1.165, 1.54) is 11.3 Å². The number of thiophene rings is 1. The third-order valence-electron chi connectivity index (χ3n) is 1.91. The SMILES string of the molecule is CCC(O)CS(=O)(=O)Cc1ccc(Br)s1. The first kappa shape index (κ1) is 13.2. The highest BCUT2D eigenvalue weighted by Gasteiger charge is 2.17. The molecule has 0 radical (unpaired) electrons. The second-order valence-electron chi connectivity index (χ2n) is 3.32. The summed E-state index contributed by atoms with van der Waals surface area (Å²) in [5.41, 5.74) is 0. The van der Waals surface area contributed by atoms with E-state index in [1.54, 1.807) is 13.0 Å². The van der Waals surface area contributed by atoms with Gasteiger partial charge in [0.25, 0.3) is 0 Å². The highest BCUT2D eigenvalue weighted by molar-refractivity contribution is 9.11. The molecular weight excluding hydrogens is 300 g/mol. The summed E-state index contributed by atoms with van der Waals surface area (Å²) in [6, 6.07) is 3.61. The van der Waals surface area contributed by atoms with Crippen molar-refractivity contribution in [2.75, 3.05) is 5.75 Å². The molecule has 0 aromatic carbocycles. The molecule has 1 unspecified atom stereocenters. The normalized spacial score (nSPS) is 14.1. The van der Waals surface area contributed by atoms with Crippen LogP contribution in [0.15, 0.2) is 15.9 Å². The zero-order chi connectivity index (χ0) is 11.5. The quantitative estimate of drug-likeness (QED) is 0.906. The topological polar surface area (TPSA) is 54.4 Å². The molecule has 1 heterocycles. The lowest BCUT2D eigenvalue weighted by Gasteiger charge is -2.07. The molecule has 0 bridgehead atoms. The molecule has 6 heteroatoms. The number of aliphatic hydroxyl groups excluding tert-OH is 1. The van der Waals surface area contributed by atoms with Crippen molar-refractivity contribution < 1.29 is 13.5 Å². The lowest BCUT2D eigenvalue weighted by molar-refractivity contribution is 0.193. The van der Waals surface area contributed by atoms with Crippen LogP contribution in [0.3, 0.4) is 0 Å². The Kier molecular flexibility index (Phi) is 4.76. The fraction of sp³-hybridized carbons (Fsp3) is 0.556. The van der Waals surface area contributed by atoms with E-state index in [-0.39, 0.29) is 11.5 Å². The van der Waals surface area contributed by atoms with Crippen molar-refractivity contribution in [2.45, 2.75) is 25.2 Å². The van der Waals surface area contributed by atoms with Crippen LogP contribution in [0.25, 0.3) is 0 Å². The van der Waals surface area contributed by atoms with E-state index in [9.17, 15) is 13.5 Å². The third kappa shape index (κ3) is 4.63. The molecular formula is C9H13BrO3S2. The van der Waals surface area contributed by atoms with E-state index < -0.39 is 15.9 Å². The number of hydrogen-bond donors (Lipinski definition) is 1. The van der Waals surface area contributed by atoms with Gasteiger partial charge in [-0.25, -0.2) is 8.42 Å². The van der Waals surface area contributed by atoms with Crippen molar-refractivity contribution in [3.05, 3.63) is 20.8 Å². The number of rotatable bonds is 5. The predicted molar refractivity (Wildman–Crippen MR) is 65.8 cm³/mol. The van der Waals surface area contributed by atoms with Gasteiger partial charge in [-0.05, 0) is 34.5 Å². The van der Waals surface area contributed by atoms with Crippen molar-refractivity contribution in [3.8, 4) is 0 Å². The summed E-state index contributed by atoms with van der Waals surface area (Å²) in [6.45, 7) is 1.77. The minimum absolute atomic E-state index is 0.0142. The largest absolute Gasteiger partial charge is 0.392 e. The molecule has 15 heavy (non-hydrogen) atoms. The molecule has 0 aliphatic carbocycles.